The molecule has 4 nitrogen and oxygen atoms in total. The molecule has 128 valence electrons. The van der Waals surface area contributed by atoms with Crippen LogP contribution in [0.3, 0.4) is 0 Å². The highest BCUT2D eigenvalue weighted by Gasteiger charge is 2.24. The first kappa shape index (κ1) is 17.2. The molecule has 0 atom stereocenters. The third-order valence-corrected chi connectivity index (χ3v) is 3.88. The quantitative estimate of drug-likeness (QED) is 0.422. The molecule has 0 saturated heterocycles. The second-order valence-corrected chi connectivity index (χ2v) is 6.05. The lowest BCUT2D eigenvalue weighted by atomic mass is 10.2. The molecule has 0 radical (unpaired) electrons. The average molecular weight is 356 g/mol. The van der Waals surface area contributed by atoms with Gasteiger partial charge in [0.05, 0.1) is 6.61 Å². The van der Waals surface area contributed by atoms with E-state index in [1.807, 2.05) is 24.3 Å². The van der Waals surface area contributed by atoms with Crippen LogP contribution in [0.4, 0.5) is 0 Å². The summed E-state index contributed by atoms with van der Waals surface area (Å²) in [5.41, 5.74) is 1.78. The summed E-state index contributed by atoms with van der Waals surface area (Å²) in [6.45, 7) is 2.83. The molecule has 0 amide bonds. The third kappa shape index (κ3) is 4.48. The molecule has 0 aliphatic carbocycles. The average Bonchev–Trinajstić information content (AvgIpc) is 2.97. The van der Waals surface area contributed by atoms with Crippen molar-refractivity contribution in [3.63, 3.8) is 0 Å². The smallest absolute Gasteiger partial charge is 0.363 e. The van der Waals surface area contributed by atoms with Gasteiger partial charge in [-0.3, -0.25) is 0 Å². The van der Waals surface area contributed by atoms with Crippen LogP contribution in [0.5, 0.6) is 5.75 Å². The SMILES string of the molecule is CCCCOc1ccc(/C=C2\N=C(c3cccc(Cl)c3)OC2=O)cc1. The fourth-order valence-corrected chi connectivity index (χ4v) is 2.50. The molecule has 2 aromatic carbocycles. The Kier molecular flexibility index (Phi) is 5.51. The van der Waals surface area contributed by atoms with Crippen LogP contribution < -0.4 is 4.74 Å². The number of carbonyl (C=O) groups excluding carboxylic acids is 1. The van der Waals surface area contributed by atoms with Crippen LogP contribution in [0.25, 0.3) is 6.08 Å². The number of rotatable bonds is 6. The van der Waals surface area contributed by atoms with Gasteiger partial charge in [-0.05, 0) is 48.4 Å². The van der Waals surface area contributed by atoms with Gasteiger partial charge in [0.2, 0.25) is 5.90 Å². The van der Waals surface area contributed by atoms with E-state index < -0.39 is 5.97 Å². The molecule has 1 heterocycles. The normalized spacial score (nSPS) is 15.2. The fourth-order valence-electron chi connectivity index (χ4n) is 2.31. The number of carbonyl (C=O) groups is 1. The largest absolute Gasteiger partial charge is 0.494 e. The Morgan fingerprint density at radius 1 is 1.20 bits per heavy atom. The lowest BCUT2D eigenvalue weighted by Crippen LogP contribution is -2.05. The van der Waals surface area contributed by atoms with Crippen molar-refractivity contribution in [2.75, 3.05) is 6.61 Å². The van der Waals surface area contributed by atoms with Crippen molar-refractivity contribution in [1.82, 2.24) is 0 Å². The van der Waals surface area contributed by atoms with E-state index in [-0.39, 0.29) is 11.6 Å². The third-order valence-electron chi connectivity index (χ3n) is 3.64. The van der Waals surface area contributed by atoms with E-state index in [9.17, 15) is 4.79 Å². The lowest BCUT2D eigenvalue weighted by molar-refractivity contribution is -0.129. The van der Waals surface area contributed by atoms with E-state index >= 15 is 0 Å². The Hall–Kier alpha value is -2.59. The van der Waals surface area contributed by atoms with Crippen LogP contribution in [-0.2, 0) is 9.53 Å². The van der Waals surface area contributed by atoms with Crippen molar-refractivity contribution in [2.45, 2.75) is 19.8 Å². The van der Waals surface area contributed by atoms with Crippen LogP contribution >= 0.6 is 11.6 Å². The van der Waals surface area contributed by atoms with Crippen LogP contribution in [0.2, 0.25) is 5.02 Å². The van der Waals surface area contributed by atoms with Gasteiger partial charge in [-0.2, -0.15) is 0 Å². The van der Waals surface area contributed by atoms with Gasteiger partial charge in [-0.25, -0.2) is 9.79 Å². The Labute approximate surface area is 151 Å². The van der Waals surface area contributed by atoms with Gasteiger partial charge in [-0.1, -0.05) is 43.1 Å². The molecule has 1 aliphatic rings. The first-order valence-corrected chi connectivity index (χ1v) is 8.55. The van der Waals surface area contributed by atoms with Crippen molar-refractivity contribution >= 4 is 29.5 Å². The molecule has 0 aromatic heterocycles. The number of nitrogens with zero attached hydrogens (tertiary/aromatic N) is 1. The Morgan fingerprint density at radius 3 is 2.72 bits per heavy atom. The number of unbranched alkanes of at least 4 members (excludes halogenated alkanes) is 1. The highest BCUT2D eigenvalue weighted by molar-refractivity contribution is 6.31. The van der Waals surface area contributed by atoms with E-state index in [1.165, 1.54) is 0 Å². The molecular formula is C20H18ClNO3. The molecule has 3 rings (SSSR count). The first-order valence-electron chi connectivity index (χ1n) is 8.17. The standard InChI is InChI=1S/C20H18ClNO3/c1-2-3-11-24-17-9-7-14(8-10-17)12-18-20(23)25-19(22-18)15-5-4-6-16(21)13-15/h4-10,12-13H,2-3,11H2,1H3/b18-12-. The van der Waals surface area contributed by atoms with Crippen LogP contribution in [0.1, 0.15) is 30.9 Å². The Balaban J connectivity index is 1.75. The number of hydrogen-bond acceptors (Lipinski definition) is 4. The molecule has 0 spiro atoms. The van der Waals surface area contributed by atoms with Crippen LogP contribution in [0, 0.1) is 0 Å². The summed E-state index contributed by atoms with van der Waals surface area (Å²) in [5.74, 6) is 0.601. The number of ether oxygens (including phenoxy) is 2. The van der Waals surface area contributed by atoms with Crippen molar-refractivity contribution < 1.29 is 14.3 Å². The lowest BCUT2D eigenvalue weighted by Gasteiger charge is -2.05. The molecule has 0 bridgehead atoms. The van der Waals surface area contributed by atoms with E-state index in [0.717, 1.165) is 24.2 Å². The number of halogens is 1. The van der Waals surface area contributed by atoms with E-state index in [0.29, 0.717) is 17.2 Å². The van der Waals surface area contributed by atoms with Gasteiger partial charge < -0.3 is 9.47 Å². The minimum atomic E-state index is -0.474. The van der Waals surface area contributed by atoms with Gasteiger partial charge in [0.1, 0.15) is 5.75 Å². The second-order valence-electron chi connectivity index (χ2n) is 5.62. The summed E-state index contributed by atoms with van der Waals surface area (Å²) in [6, 6.07) is 14.6. The zero-order valence-corrected chi connectivity index (χ0v) is 14.6. The maximum atomic E-state index is 12.0. The molecule has 2 aromatic rings. The topological polar surface area (TPSA) is 47.9 Å². The molecule has 0 unspecified atom stereocenters. The van der Waals surface area contributed by atoms with Gasteiger partial charge in [0, 0.05) is 10.6 Å². The predicted octanol–water partition coefficient (Wildman–Crippen LogP) is 4.86. The molecule has 25 heavy (non-hydrogen) atoms. The van der Waals surface area contributed by atoms with Crippen molar-refractivity contribution in [3.8, 4) is 5.75 Å². The molecule has 0 N–H and O–H groups in total. The van der Waals surface area contributed by atoms with Gasteiger partial charge in [-0.15, -0.1) is 0 Å². The summed E-state index contributed by atoms with van der Waals surface area (Å²) < 4.78 is 10.9. The minimum absolute atomic E-state index is 0.259. The zero-order valence-electron chi connectivity index (χ0n) is 13.9. The summed E-state index contributed by atoms with van der Waals surface area (Å²) in [4.78, 5) is 16.3. The van der Waals surface area contributed by atoms with Crippen molar-refractivity contribution in [3.05, 3.63) is 70.4 Å². The van der Waals surface area contributed by atoms with E-state index in [4.69, 9.17) is 21.1 Å². The second kappa shape index (κ2) is 7.99. The Morgan fingerprint density at radius 2 is 2.00 bits per heavy atom. The zero-order chi connectivity index (χ0) is 17.6. The van der Waals surface area contributed by atoms with Crippen molar-refractivity contribution in [1.29, 1.82) is 0 Å². The Bertz CT molecular complexity index is 825. The fraction of sp³-hybridized carbons (Fsp3) is 0.200. The summed E-state index contributed by atoms with van der Waals surface area (Å²) in [7, 11) is 0. The van der Waals surface area contributed by atoms with Gasteiger partial charge in [0.15, 0.2) is 5.70 Å². The number of cyclic esters (lactones) is 1. The molecule has 1 aliphatic heterocycles. The molecule has 0 fully saturated rings. The van der Waals surface area contributed by atoms with Gasteiger partial charge >= 0.3 is 5.97 Å². The maximum absolute atomic E-state index is 12.0. The predicted molar refractivity (Wildman–Crippen MR) is 98.9 cm³/mol. The van der Waals surface area contributed by atoms with E-state index in [2.05, 4.69) is 11.9 Å². The monoisotopic (exact) mass is 355 g/mol. The van der Waals surface area contributed by atoms with Crippen LogP contribution in [0.15, 0.2) is 59.2 Å². The number of benzene rings is 2. The maximum Gasteiger partial charge on any atom is 0.363 e. The first-order chi connectivity index (χ1) is 12.2. The van der Waals surface area contributed by atoms with Gasteiger partial charge in [0.25, 0.3) is 0 Å². The van der Waals surface area contributed by atoms with E-state index in [1.54, 1.807) is 30.3 Å². The highest BCUT2D eigenvalue weighted by Crippen LogP contribution is 2.22. The number of aliphatic imine (C=N–C) groups is 1. The number of hydrogen-bond donors (Lipinski definition) is 0. The summed E-state index contributed by atoms with van der Waals surface area (Å²) in [6.07, 6.45) is 3.81. The summed E-state index contributed by atoms with van der Waals surface area (Å²) in [5, 5.41) is 0.562. The number of esters is 1. The molecule has 0 saturated carbocycles. The highest BCUT2D eigenvalue weighted by atomic mass is 35.5. The molecular weight excluding hydrogens is 338 g/mol. The van der Waals surface area contributed by atoms with Crippen molar-refractivity contribution in [2.24, 2.45) is 4.99 Å². The minimum Gasteiger partial charge on any atom is -0.494 e. The summed E-state index contributed by atoms with van der Waals surface area (Å²) >= 11 is 5.96. The molecule has 5 heteroatoms. The van der Waals surface area contributed by atoms with Crippen LogP contribution in [-0.4, -0.2) is 18.5 Å².